The normalized spacial score (nSPS) is 19.8. The molecule has 1 saturated heterocycles. The summed E-state index contributed by atoms with van der Waals surface area (Å²) < 4.78 is 0. The van der Waals surface area contributed by atoms with Crippen LogP contribution in [0.2, 0.25) is 0 Å². The molecule has 1 fully saturated rings. The summed E-state index contributed by atoms with van der Waals surface area (Å²) in [6.07, 6.45) is 1.12. The van der Waals surface area contributed by atoms with Crippen LogP contribution in [0.1, 0.15) is 26.3 Å². The molecule has 0 amide bonds. The number of hydrogen-bond acceptors (Lipinski definition) is 2. The van der Waals surface area contributed by atoms with Gasteiger partial charge in [0.25, 0.3) is 0 Å². The van der Waals surface area contributed by atoms with Crippen LogP contribution in [-0.4, -0.2) is 25.2 Å². The molecule has 1 aromatic rings. The van der Waals surface area contributed by atoms with Gasteiger partial charge < -0.3 is 10.2 Å². The Kier molecular flexibility index (Phi) is 3.20. The van der Waals surface area contributed by atoms with Crippen molar-refractivity contribution in [3.63, 3.8) is 0 Å². The molecule has 1 aromatic carbocycles. The van der Waals surface area contributed by atoms with Crippen LogP contribution in [0.3, 0.4) is 0 Å². The van der Waals surface area contributed by atoms with E-state index in [1.165, 1.54) is 11.3 Å². The van der Waals surface area contributed by atoms with Gasteiger partial charge in [-0.1, -0.05) is 19.1 Å². The highest BCUT2D eigenvalue weighted by Gasteiger charge is 2.29. The molecule has 1 heterocycles. The van der Waals surface area contributed by atoms with Gasteiger partial charge in [0.15, 0.2) is 0 Å². The monoisotopic (exact) mass is 218 g/mol. The van der Waals surface area contributed by atoms with Crippen LogP contribution in [0.15, 0.2) is 24.3 Å². The van der Waals surface area contributed by atoms with Gasteiger partial charge in [0.2, 0.25) is 0 Å². The highest BCUT2D eigenvalue weighted by Crippen LogP contribution is 2.25. The van der Waals surface area contributed by atoms with Crippen molar-refractivity contribution in [2.45, 2.75) is 32.7 Å². The molecule has 1 aliphatic rings. The molecule has 1 aliphatic heterocycles. The lowest BCUT2D eigenvalue weighted by atomic mass is 9.98. The van der Waals surface area contributed by atoms with Gasteiger partial charge in [-0.25, -0.2) is 0 Å². The number of anilines is 1. The van der Waals surface area contributed by atoms with Crippen molar-refractivity contribution < 1.29 is 0 Å². The minimum absolute atomic E-state index is 0.214. The number of rotatable bonds is 2. The molecule has 0 aliphatic carbocycles. The number of benzene rings is 1. The topological polar surface area (TPSA) is 15.3 Å². The molecule has 0 radical (unpaired) electrons. The lowest BCUT2D eigenvalue weighted by Crippen LogP contribution is -2.58. The summed E-state index contributed by atoms with van der Waals surface area (Å²) in [7, 11) is 0. The van der Waals surface area contributed by atoms with Gasteiger partial charge in [0, 0.05) is 30.9 Å². The van der Waals surface area contributed by atoms with Gasteiger partial charge in [0.1, 0.15) is 0 Å². The number of aryl methyl sites for hydroxylation is 1. The molecular formula is C14H22N2. The van der Waals surface area contributed by atoms with Gasteiger partial charge in [-0.2, -0.15) is 0 Å². The zero-order valence-electron chi connectivity index (χ0n) is 10.6. The van der Waals surface area contributed by atoms with Crippen LogP contribution in [0.25, 0.3) is 0 Å². The second-order valence-corrected chi connectivity index (χ2v) is 5.16. The molecule has 88 valence electrons. The average Bonchev–Trinajstić information content (AvgIpc) is 2.29. The van der Waals surface area contributed by atoms with Gasteiger partial charge in [-0.05, 0) is 38.0 Å². The third kappa shape index (κ3) is 2.22. The lowest BCUT2D eigenvalue weighted by Gasteiger charge is -2.44. The summed E-state index contributed by atoms with van der Waals surface area (Å²) in [6, 6.07) is 9.00. The Balaban J connectivity index is 2.21. The molecule has 0 aromatic heterocycles. The molecule has 0 bridgehead atoms. The Hall–Kier alpha value is -1.02. The maximum absolute atomic E-state index is 3.46. The standard InChI is InChI=1S/C14H22N2/c1-4-12-5-7-13(8-6-12)16-10-9-15-11-14(16,2)3/h5-8,15H,4,9-11H2,1-3H3. The highest BCUT2D eigenvalue weighted by molar-refractivity contribution is 5.50. The van der Waals surface area contributed by atoms with E-state index < -0.39 is 0 Å². The highest BCUT2D eigenvalue weighted by atomic mass is 15.3. The van der Waals surface area contributed by atoms with Crippen molar-refractivity contribution in [3.05, 3.63) is 29.8 Å². The van der Waals surface area contributed by atoms with Crippen molar-refractivity contribution in [2.75, 3.05) is 24.5 Å². The Morgan fingerprint density at radius 2 is 1.94 bits per heavy atom. The molecule has 0 spiro atoms. The Bertz CT molecular complexity index is 340. The fraction of sp³-hybridized carbons (Fsp3) is 0.571. The Morgan fingerprint density at radius 3 is 2.50 bits per heavy atom. The van der Waals surface area contributed by atoms with Crippen molar-refractivity contribution in [3.8, 4) is 0 Å². The van der Waals surface area contributed by atoms with Gasteiger partial charge in [-0.3, -0.25) is 0 Å². The third-order valence-electron chi connectivity index (χ3n) is 3.46. The minimum atomic E-state index is 0.214. The van der Waals surface area contributed by atoms with Crippen molar-refractivity contribution in [1.82, 2.24) is 5.32 Å². The van der Waals surface area contributed by atoms with Crippen molar-refractivity contribution in [1.29, 1.82) is 0 Å². The summed E-state index contributed by atoms with van der Waals surface area (Å²) >= 11 is 0. The van der Waals surface area contributed by atoms with Crippen LogP contribution < -0.4 is 10.2 Å². The van der Waals surface area contributed by atoms with Gasteiger partial charge >= 0.3 is 0 Å². The van der Waals surface area contributed by atoms with E-state index in [0.29, 0.717) is 0 Å². The Morgan fingerprint density at radius 1 is 1.25 bits per heavy atom. The second kappa shape index (κ2) is 4.46. The zero-order valence-corrected chi connectivity index (χ0v) is 10.6. The first-order valence-corrected chi connectivity index (χ1v) is 6.21. The van der Waals surface area contributed by atoms with E-state index >= 15 is 0 Å². The SMILES string of the molecule is CCc1ccc(N2CCNCC2(C)C)cc1. The van der Waals surface area contributed by atoms with E-state index in [1.54, 1.807) is 0 Å². The lowest BCUT2D eigenvalue weighted by molar-refractivity contribution is 0.380. The van der Waals surface area contributed by atoms with Crippen LogP contribution in [0.5, 0.6) is 0 Å². The maximum atomic E-state index is 3.46. The first-order chi connectivity index (χ1) is 7.63. The van der Waals surface area contributed by atoms with E-state index in [1.807, 2.05) is 0 Å². The molecule has 2 rings (SSSR count). The van der Waals surface area contributed by atoms with Gasteiger partial charge in [0.05, 0.1) is 0 Å². The van der Waals surface area contributed by atoms with E-state index in [0.717, 1.165) is 26.1 Å². The predicted molar refractivity (Wildman–Crippen MR) is 70.1 cm³/mol. The Labute approximate surface area is 98.7 Å². The quantitative estimate of drug-likeness (QED) is 0.820. The third-order valence-corrected chi connectivity index (χ3v) is 3.46. The fourth-order valence-electron chi connectivity index (χ4n) is 2.37. The molecular weight excluding hydrogens is 196 g/mol. The smallest absolute Gasteiger partial charge is 0.0470 e. The number of nitrogens with one attached hydrogen (secondary N) is 1. The average molecular weight is 218 g/mol. The summed E-state index contributed by atoms with van der Waals surface area (Å²) in [5.41, 5.74) is 2.98. The second-order valence-electron chi connectivity index (χ2n) is 5.16. The molecule has 16 heavy (non-hydrogen) atoms. The number of piperazine rings is 1. The fourth-order valence-corrected chi connectivity index (χ4v) is 2.37. The molecule has 0 saturated carbocycles. The van der Waals surface area contributed by atoms with Crippen LogP contribution >= 0.6 is 0 Å². The van der Waals surface area contributed by atoms with E-state index in [-0.39, 0.29) is 5.54 Å². The first kappa shape index (κ1) is 11.5. The van der Waals surface area contributed by atoms with E-state index in [4.69, 9.17) is 0 Å². The summed E-state index contributed by atoms with van der Waals surface area (Å²) in [5.74, 6) is 0. The van der Waals surface area contributed by atoms with E-state index in [9.17, 15) is 0 Å². The first-order valence-electron chi connectivity index (χ1n) is 6.21. The molecule has 0 atom stereocenters. The molecule has 1 N–H and O–H groups in total. The van der Waals surface area contributed by atoms with Crippen LogP contribution in [0, 0.1) is 0 Å². The maximum Gasteiger partial charge on any atom is 0.0470 e. The summed E-state index contributed by atoms with van der Waals surface area (Å²) in [4.78, 5) is 2.50. The number of nitrogens with zero attached hydrogens (tertiary/aromatic N) is 1. The van der Waals surface area contributed by atoms with Gasteiger partial charge in [-0.15, -0.1) is 0 Å². The summed E-state index contributed by atoms with van der Waals surface area (Å²) in [5, 5.41) is 3.46. The minimum Gasteiger partial charge on any atom is -0.364 e. The molecule has 0 unspecified atom stereocenters. The zero-order chi connectivity index (χ0) is 11.6. The largest absolute Gasteiger partial charge is 0.364 e. The summed E-state index contributed by atoms with van der Waals surface area (Å²) in [6.45, 7) is 10.0. The van der Waals surface area contributed by atoms with Crippen LogP contribution in [0.4, 0.5) is 5.69 Å². The van der Waals surface area contributed by atoms with Crippen molar-refractivity contribution >= 4 is 5.69 Å². The molecule has 2 nitrogen and oxygen atoms in total. The van der Waals surface area contributed by atoms with E-state index in [2.05, 4.69) is 55.3 Å². The van der Waals surface area contributed by atoms with Crippen molar-refractivity contribution in [2.24, 2.45) is 0 Å². The number of hydrogen-bond donors (Lipinski definition) is 1. The predicted octanol–water partition coefficient (Wildman–Crippen LogP) is 2.44. The molecule has 2 heteroatoms. The van der Waals surface area contributed by atoms with Crippen LogP contribution in [-0.2, 0) is 6.42 Å².